The predicted octanol–water partition coefficient (Wildman–Crippen LogP) is 1.14. The number of ether oxygens (including phenoxy) is 1. The van der Waals surface area contributed by atoms with Gasteiger partial charge in [-0.25, -0.2) is 4.79 Å². The number of aromatic carboxylic acids is 1. The van der Waals surface area contributed by atoms with Crippen molar-refractivity contribution in [2.75, 3.05) is 11.9 Å². The number of hydrogen-bond acceptors (Lipinski definition) is 4. The van der Waals surface area contributed by atoms with Gasteiger partial charge in [-0.3, -0.25) is 9.78 Å². The van der Waals surface area contributed by atoms with Crippen LogP contribution in [-0.4, -0.2) is 34.7 Å². The van der Waals surface area contributed by atoms with E-state index in [1.807, 2.05) is 6.92 Å². The number of rotatable bonds is 3. The Kier molecular flexibility index (Phi) is 3.57. The van der Waals surface area contributed by atoms with Crippen molar-refractivity contribution in [3.8, 4) is 0 Å². The van der Waals surface area contributed by atoms with Gasteiger partial charge in [0.1, 0.15) is 0 Å². The summed E-state index contributed by atoms with van der Waals surface area (Å²) in [4.78, 5) is 26.4. The summed E-state index contributed by atoms with van der Waals surface area (Å²) in [7, 11) is 0. The van der Waals surface area contributed by atoms with Gasteiger partial charge in [-0.1, -0.05) is 0 Å². The number of aromatic nitrogens is 1. The van der Waals surface area contributed by atoms with Gasteiger partial charge in [0, 0.05) is 6.20 Å². The van der Waals surface area contributed by atoms with Crippen molar-refractivity contribution in [2.45, 2.75) is 19.4 Å². The largest absolute Gasteiger partial charge is 0.478 e. The number of carbonyl (C=O) groups is 2. The fourth-order valence-corrected chi connectivity index (χ4v) is 1.87. The number of anilines is 1. The molecule has 1 amide bonds. The molecule has 1 aliphatic rings. The van der Waals surface area contributed by atoms with E-state index < -0.39 is 5.97 Å². The summed E-state index contributed by atoms with van der Waals surface area (Å²) in [5.41, 5.74) is 0.434. The molecule has 0 spiro atoms. The zero-order valence-electron chi connectivity index (χ0n) is 9.92. The zero-order valence-corrected chi connectivity index (χ0v) is 9.92. The van der Waals surface area contributed by atoms with Gasteiger partial charge in [0.2, 0.25) is 5.91 Å². The van der Waals surface area contributed by atoms with E-state index in [0.717, 1.165) is 0 Å². The molecule has 0 aromatic carbocycles. The Morgan fingerprint density at radius 3 is 2.89 bits per heavy atom. The minimum absolute atomic E-state index is 0.0452. The molecule has 0 radical (unpaired) electrons. The fourth-order valence-electron chi connectivity index (χ4n) is 1.87. The number of nitrogens with zero attached hydrogens (tertiary/aromatic N) is 1. The van der Waals surface area contributed by atoms with Crippen LogP contribution in [0.15, 0.2) is 18.5 Å². The van der Waals surface area contributed by atoms with Crippen LogP contribution in [0.25, 0.3) is 0 Å². The number of carboxylic acid groups (broad SMARTS) is 1. The quantitative estimate of drug-likeness (QED) is 0.839. The maximum atomic E-state index is 11.9. The number of carboxylic acids is 1. The maximum absolute atomic E-state index is 11.9. The molecule has 6 heteroatoms. The van der Waals surface area contributed by atoms with Crippen LogP contribution < -0.4 is 5.32 Å². The molecule has 1 saturated heterocycles. The molecule has 96 valence electrons. The van der Waals surface area contributed by atoms with Gasteiger partial charge < -0.3 is 15.2 Å². The van der Waals surface area contributed by atoms with Crippen LogP contribution in [-0.2, 0) is 9.53 Å². The second-order valence-corrected chi connectivity index (χ2v) is 4.33. The van der Waals surface area contributed by atoms with Gasteiger partial charge in [-0.15, -0.1) is 0 Å². The SMILES string of the molecule is CC1CC(C(=O)Nc2cncc(C(=O)O)c2)CO1. The van der Waals surface area contributed by atoms with E-state index >= 15 is 0 Å². The third-order valence-corrected chi connectivity index (χ3v) is 2.82. The predicted molar refractivity (Wildman–Crippen MR) is 63.3 cm³/mol. The minimum Gasteiger partial charge on any atom is -0.478 e. The Morgan fingerprint density at radius 2 is 2.28 bits per heavy atom. The summed E-state index contributed by atoms with van der Waals surface area (Å²) in [6, 6.07) is 1.38. The van der Waals surface area contributed by atoms with Crippen LogP contribution in [0.1, 0.15) is 23.7 Å². The topological polar surface area (TPSA) is 88.5 Å². The standard InChI is InChI=1S/C12H14N2O4/c1-7-2-9(6-18-7)11(15)14-10-3-8(12(16)17)4-13-5-10/h3-5,7,9H,2,6H2,1H3,(H,14,15)(H,16,17). The molecule has 2 rings (SSSR count). The first-order chi connectivity index (χ1) is 8.56. The van der Waals surface area contributed by atoms with Gasteiger partial charge in [-0.2, -0.15) is 0 Å². The monoisotopic (exact) mass is 250 g/mol. The number of pyridine rings is 1. The Labute approximate surface area is 104 Å². The van der Waals surface area contributed by atoms with Gasteiger partial charge in [0.15, 0.2) is 0 Å². The Hall–Kier alpha value is -1.95. The van der Waals surface area contributed by atoms with E-state index in [-0.39, 0.29) is 23.5 Å². The number of hydrogen-bond donors (Lipinski definition) is 2. The van der Waals surface area contributed by atoms with Gasteiger partial charge in [0.25, 0.3) is 0 Å². The third-order valence-electron chi connectivity index (χ3n) is 2.82. The van der Waals surface area contributed by atoms with E-state index in [4.69, 9.17) is 9.84 Å². The van der Waals surface area contributed by atoms with E-state index in [2.05, 4.69) is 10.3 Å². The van der Waals surface area contributed by atoms with Crippen LogP contribution in [0, 0.1) is 5.92 Å². The molecular formula is C12H14N2O4. The van der Waals surface area contributed by atoms with Crippen LogP contribution >= 0.6 is 0 Å². The lowest BCUT2D eigenvalue weighted by atomic mass is 10.1. The highest BCUT2D eigenvalue weighted by Crippen LogP contribution is 2.20. The molecule has 1 aromatic heterocycles. The Bertz CT molecular complexity index is 475. The van der Waals surface area contributed by atoms with Gasteiger partial charge in [-0.05, 0) is 19.4 Å². The molecule has 1 fully saturated rings. The Morgan fingerprint density at radius 1 is 1.50 bits per heavy atom. The molecule has 0 aliphatic carbocycles. The minimum atomic E-state index is -1.07. The molecule has 2 atom stereocenters. The smallest absolute Gasteiger partial charge is 0.337 e. The molecule has 2 heterocycles. The van der Waals surface area contributed by atoms with Crippen LogP contribution in [0.2, 0.25) is 0 Å². The van der Waals surface area contributed by atoms with Crippen molar-refractivity contribution in [1.82, 2.24) is 4.98 Å². The second-order valence-electron chi connectivity index (χ2n) is 4.33. The molecule has 1 aromatic rings. The second kappa shape index (κ2) is 5.14. The lowest BCUT2D eigenvalue weighted by Gasteiger charge is -2.09. The molecule has 0 saturated carbocycles. The van der Waals surface area contributed by atoms with Gasteiger partial charge in [0.05, 0.1) is 36.1 Å². The summed E-state index contributed by atoms with van der Waals surface area (Å²) >= 11 is 0. The van der Waals surface area contributed by atoms with Crippen molar-refractivity contribution in [2.24, 2.45) is 5.92 Å². The average Bonchev–Trinajstić information content (AvgIpc) is 2.76. The lowest BCUT2D eigenvalue weighted by molar-refractivity contribution is -0.119. The van der Waals surface area contributed by atoms with E-state index in [1.54, 1.807) is 0 Å². The van der Waals surface area contributed by atoms with Crippen molar-refractivity contribution in [3.63, 3.8) is 0 Å². The average molecular weight is 250 g/mol. The first-order valence-electron chi connectivity index (χ1n) is 5.67. The van der Waals surface area contributed by atoms with Crippen molar-refractivity contribution >= 4 is 17.6 Å². The third kappa shape index (κ3) is 2.84. The number of amides is 1. The molecule has 0 bridgehead atoms. The van der Waals surface area contributed by atoms with E-state index in [0.29, 0.717) is 18.7 Å². The zero-order chi connectivity index (χ0) is 13.1. The number of nitrogens with one attached hydrogen (secondary N) is 1. The Balaban J connectivity index is 2.03. The lowest BCUT2D eigenvalue weighted by Crippen LogP contribution is -2.23. The molecular weight excluding hydrogens is 236 g/mol. The summed E-state index contributed by atoms with van der Waals surface area (Å²) in [5, 5.41) is 11.5. The van der Waals surface area contributed by atoms with Gasteiger partial charge >= 0.3 is 5.97 Å². The summed E-state index contributed by atoms with van der Waals surface area (Å²) in [6.45, 7) is 2.32. The molecule has 1 aliphatic heterocycles. The van der Waals surface area contributed by atoms with E-state index in [1.165, 1.54) is 18.5 Å². The van der Waals surface area contributed by atoms with Crippen molar-refractivity contribution in [3.05, 3.63) is 24.0 Å². The summed E-state index contributed by atoms with van der Waals surface area (Å²) < 4.78 is 5.32. The van der Waals surface area contributed by atoms with Crippen LogP contribution in [0.4, 0.5) is 5.69 Å². The summed E-state index contributed by atoms with van der Waals surface area (Å²) in [5.74, 6) is -1.42. The molecule has 2 N–H and O–H groups in total. The molecule has 18 heavy (non-hydrogen) atoms. The maximum Gasteiger partial charge on any atom is 0.337 e. The van der Waals surface area contributed by atoms with E-state index in [9.17, 15) is 9.59 Å². The highest BCUT2D eigenvalue weighted by Gasteiger charge is 2.28. The van der Waals surface area contributed by atoms with Crippen LogP contribution in [0.3, 0.4) is 0 Å². The molecule has 2 unspecified atom stereocenters. The first-order valence-corrected chi connectivity index (χ1v) is 5.67. The number of carbonyl (C=O) groups excluding carboxylic acids is 1. The van der Waals surface area contributed by atoms with Crippen LogP contribution in [0.5, 0.6) is 0 Å². The first kappa shape index (κ1) is 12.5. The van der Waals surface area contributed by atoms with Crippen molar-refractivity contribution < 1.29 is 19.4 Å². The van der Waals surface area contributed by atoms with Crippen molar-refractivity contribution in [1.29, 1.82) is 0 Å². The highest BCUT2D eigenvalue weighted by molar-refractivity contribution is 5.94. The molecule has 6 nitrogen and oxygen atoms in total. The summed E-state index contributed by atoms with van der Waals surface area (Å²) in [6.07, 6.45) is 3.42. The fraction of sp³-hybridized carbons (Fsp3) is 0.417. The normalized spacial score (nSPS) is 22.7. The highest BCUT2D eigenvalue weighted by atomic mass is 16.5.